The first-order chi connectivity index (χ1) is 15.5. The van der Waals surface area contributed by atoms with E-state index in [1.807, 2.05) is 17.1 Å². The van der Waals surface area contributed by atoms with Gasteiger partial charge in [0, 0.05) is 32.5 Å². The number of aryl methyl sites for hydroxylation is 2. The van der Waals surface area contributed by atoms with Crippen LogP contribution in [-0.2, 0) is 28.9 Å². The molecule has 1 aromatic rings. The van der Waals surface area contributed by atoms with E-state index in [9.17, 15) is 19.5 Å². The molecule has 0 aromatic heterocycles. The van der Waals surface area contributed by atoms with E-state index in [2.05, 4.69) is 12.1 Å². The van der Waals surface area contributed by atoms with Gasteiger partial charge in [-0.25, -0.2) is 4.79 Å². The van der Waals surface area contributed by atoms with Crippen molar-refractivity contribution in [2.75, 3.05) is 24.5 Å². The number of amides is 2. The molecule has 0 unspecified atom stereocenters. The smallest absolute Gasteiger partial charge is 0.407 e. The molecular formula is C26H32N2O4. The van der Waals surface area contributed by atoms with Gasteiger partial charge in [0.1, 0.15) is 0 Å². The number of carboxylic acid groups (broad SMARTS) is 1. The fraction of sp³-hybridized carbons (Fsp3) is 0.500. The Morgan fingerprint density at radius 2 is 1.75 bits per heavy atom. The van der Waals surface area contributed by atoms with Crippen molar-refractivity contribution < 1.29 is 19.5 Å². The number of carbonyl (C=O) groups is 3. The number of nitrogens with zero attached hydrogens (tertiary/aromatic N) is 2. The lowest BCUT2D eigenvalue weighted by molar-refractivity contribution is -0.118. The molecule has 0 saturated heterocycles. The second kappa shape index (κ2) is 10.2. The van der Waals surface area contributed by atoms with Crippen LogP contribution in [0.5, 0.6) is 0 Å². The number of ketones is 1. The predicted octanol–water partition coefficient (Wildman–Crippen LogP) is 4.45. The summed E-state index contributed by atoms with van der Waals surface area (Å²) in [6, 6.07) is 4.56. The Hall–Kier alpha value is -2.89. The molecule has 6 heteroatoms. The van der Waals surface area contributed by atoms with Gasteiger partial charge >= 0.3 is 6.09 Å². The van der Waals surface area contributed by atoms with Crippen molar-refractivity contribution in [3.63, 3.8) is 0 Å². The minimum absolute atomic E-state index is 0.0952. The maximum atomic E-state index is 12.1. The number of carbonyl (C=O) groups excluding carboxylic acids is 2. The lowest BCUT2D eigenvalue weighted by Gasteiger charge is -2.25. The molecule has 0 spiro atoms. The maximum Gasteiger partial charge on any atom is 0.407 e. The maximum absolute atomic E-state index is 12.1. The monoisotopic (exact) mass is 436 g/mol. The standard InChI is InChI=1S/C26H32N2O4/c29-23-9-5-4-8-20(23)12-15-27(26(31)32)14-6-2-1-3-7-19-17-21-10-11-24(30)28-16-13-22(18-19)25(21)28/h4-5,8,17-18H,1-3,6-7,9-16H2,(H,31,32). The summed E-state index contributed by atoms with van der Waals surface area (Å²) in [7, 11) is 0. The van der Waals surface area contributed by atoms with Crippen molar-refractivity contribution in [3.05, 3.63) is 52.6 Å². The zero-order valence-corrected chi connectivity index (χ0v) is 18.6. The Balaban J connectivity index is 1.18. The molecule has 6 nitrogen and oxygen atoms in total. The first kappa shape index (κ1) is 22.3. The molecule has 32 heavy (non-hydrogen) atoms. The van der Waals surface area contributed by atoms with Gasteiger partial charge in [-0.2, -0.15) is 0 Å². The van der Waals surface area contributed by atoms with Gasteiger partial charge < -0.3 is 14.9 Å². The molecule has 0 atom stereocenters. The number of hydrogen-bond acceptors (Lipinski definition) is 3. The highest BCUT2D eigenvalue weighted by molar-refractivity contribution is 5.99. The predicted molar refractivity (Wildman–Crippen MR) is 124 cm³/mol. The molecule has 1 aliphatic carbocycles. The summed E-state index contributed by atoms with van der Waals surface area (Å²) >= 11 is 0. The van der Waals surface area contributed by atoms with Crippen molar-refractivity contribution in [2.45, 2.75) is 64.2 Å². The second-order valence-corrected chi connectivity index (χ2v) is 8.99. The van der Waals surface area contributed by atoms with Crippen LogP contribution in [0.15, 0.2) is 35.9 Å². The van der Waals surface area contributed by atoms with Gasteiger partial charge in [0.25, 0.3) is 0 Å². The van der Waals surface area contributed by atoms with E-state index in [1.165, 1.54) is 27.3 Å². The van der Waals surface area contributed by atoms with Gasteiger partial charge in [0.2, 0.25) is 5.91 Å². The van der Waals surface area contributed by atoms with Gasteiger partial charge in [-0.3, -0.25) is 9.59 Å². The lowest BCUT2D eigenvalue weighted by Crippen LogP contribution is -2.32. The van der Waals surface area contributed by atoms with Crippen LogP contribution in [0.25, 0.3) is 0 Å². The third kappa shape index (κ3) is 5.12. The van der Waals surface area contributed by atoms with Crippen molar-refractivity contribution in [1.29, 1.82) is 0 Å². The molecule has 0 fully saturated rings. The Morgan fingerprint density at radius 3 is 2.53 bits per heavy atom. The Morgan fingerprint density at radius 1 is 0.969 bits per heavy atom. The molecule has 2 aliphatic heterocycles. The van der Waals surface area contributed by atoms with Crippen LogP contribution >= 0.6 is 0 Å². The quantitative estimate of drug-likeness (QED) is 0.550. The van der Waals surface area contributed by atoms with Gasteiger partial charge in [-0.05, 0) is 60.8 Å². The third-order valence-electron chi connectivity index (χ3n) is 6.77. The highest BCUT2D eigenvalue weighted by atomic mass is 16.4. The van der Waals surface area contributed by atoms with Crippen LogP contribution in [0.1, 0.15) is 61.6 Å². The molecule has 2 heterocycles. The van der Waals surface area contributed by atoms with E-state index in [4.69, 9.17) is 0 Å². The number of anilines is 1. The molecule has 2 amide bonds. The Kier molecular flexibility index (Phi) is 7.08. The molecule has 0 saturated carbocycles. The first-order valence-electron chi connectivity index (χ1n) is 11.8. The number of allylic oxidation sites excluding steroid dienone is 3. The van der Waals surface area contributed by atoms with Gasteiger partial charge in [0.15, 0.2) is 5.78 Å². The Labute approximate surface area is 189 Å². The first-order valence-corrected chi connectivity index (χ1v) is 11.8. The Bertz CT molecular complexity index is 963. The summed E-state index contributed by atoms with van der Waals surface area (Å²) in [4.78, 5) is 38.9. The van der Waals surface area contributed by atoms with E-state index in [-0.39, 0.29) is 11.7 Å². The van der Waals surface area contributed by atoms with E-state index < -0.39 is 6.09 Å². The second-order valence-electron chi connectivity index (χ2n) is 8.99. The van der Waals surface area contributed by atoms with Crippen molar-refractivity contribution in [2.24, 2.45) is 0 Å². The third-order valence-corrected chi connectivity index (χ3v) is 6.77. The molecule has 4 rings (SSSR count). The van der Waals surface area contributed by atoms with Crippen LogP contribution in [0.4, 0.5) is 10.5 Å². The van der Waals surface area contributed by atoms with Crippen LogP contribution in [0.3, 0.4) is 0 Å². The molecular weight excluding hydrogens is 404 g/mol. The normalized spacial score (nSPS) is 16.9. The van der Waals surface area contributed by atoms with E-state index in [1.54, 1.807) is 6.08 Å². The summed E-state index contributed by atoms with van der Waals surface area (Å²) in [5.74, 6) is 0.358. The molecule has 1 N–H and O–H groups in total. The molecule has 3 aliphatic rings. The van der Waals surface area contributed by atoms with Crippen LogP contribution in [0.2, 0.25) is 0 Å². The number of rotatable bonds is 10. The zero-order chi connectivity index (χ0) is 22.5. The summed E-state index contributed by atoms with van der Waals surface area (Å²) in [6.07, 6.45) is 12.9. The summed E-state index contributed by atoms with van der Waals surface area (Å²) in [5, 5.41) is 9.47. The average molecular weight is 437 g/mol. The van der Waals surface area contributed by atoms with Crippen LogP contribution in [-0.4, -0.2) is 47.4 Å². The highest BCUT2D eigenvalue weighted by Gasteiger charge is 2.31. The molecule has 0 bridgehead atoms. The SMILES string of the molecule is O=C1CC=CC=C1CCN(CCCCCCc1cc2c3c(c1)CCN3C(=O)CC2)C(=O)O. The fourth-order valence-electron chi connectivity index (χ4n) is 5.02. The van der Waals surface area contributed by atoms with E-state index in [0.717, 1.165) is 57.1 Å². The highest BCUT2D eigenvalue weighted by Crippen LogP contribution is 2.37. The molecule has 1 aromatic carbocycles. The van der Waals surface area contributed by atoms with Gasteiger partial charge in [0.05, 0.1) is 5.69 Å². The summed E-state index contributed by atoms with van der Waals surface area (Å²) in [6.45, 7) is 1.71. The minimum atomic E-state index is -0.913. The summed E-state index contributed by atoms with van der Waals surface area (Å²) < 4.78 is 0. The number of benzene rings is 1. The largest absolute Gasteiger partial charge is 0.465 e. The van der Waals surface area contributed by atoms with Crippen molar-refractivity contribution in [3.8, 4) is 0 Å². The number of unbranched alkanes of at least 4 members (excludes halogenated alkanes) is 3. The van der Waals surface area contributed by atoms with Crippen LogP contribution in [0, 0.1) is 0 Å². The number of hydrogen-bond donors (Lipinski definition) is 1. The van der Waals surface area contributed by atoms with E-state index in [0.29, 0.717) is 32.4 Å². The zero-order valence-electron chi connectivity index (χ0n) is 18.6. The fourth-order valence-corrected chi connectivity index (χ4v) is 5.02. The molecule has 0 radical (unpaired) electrons. The topological polar surface area (TPSA) is 77.9 Å². The summed E-state index contributed by atoms with van der Waals surface area (Å²) in [5.41, 5.74) is 5.92. The lowest BCUT2D eigenvalue weighted by atomic mass is 9.94. The number of Topliss-reactive ketones (excluding diaryl/α,β-unsaturated/α-hetero) is 1. The van der Waals surface area contributed by atoms with E-state index >= 15 is 0 Å². The van der Waals surface area contributed by atoms with Crippen molar-refractivity contribution >= 4 is 23.5 Å². The molecule has 170 valence electrons. The average Bonchev–Trinajstić information content (AvgIpc) is 3.21. The minimum Gasteiger partial charge on any atom is -0.465 e. The van der Waals surface area contributed by atoms with Gasteiger partial charge in [-0.1, -0.05) is 43.2 Å². The van der Waals surface area contributed by atoms with Crippen LogP contribution < -0.4 is 4.90 Å². The van der Waals surface area contributed by atoms with Crippen molar-refractivity contribution in [1.82, 2.24) is 4.90 Å². The van der Waals surface area contributed by atoms with Gasteiger partial charge in [-0.15, -0.1) is 0 Å².